The minimum absolute atomic E-state index is 0.00214. The lowest BCUT2D eigenvalue weighted by molar-refractivity contribution is -0.209. The van der Waals surface area contributed by atoms with E-state index in [0.29, 0.717) is 11.4 Å². The molecule has 0 radical (unpaired) electrons. The van der Waals surface area contributed by atoms with Gasteiger partial charge in [0.15, 0.2) is 12.4 Å². The van der Waals surface area contributed by atoms with Crippen molar-refractivity contribution in [2.24, 2.45) is 4.99 Å². The normalized spacial score (nSPS) is 13.2. The Balaban J connectivity index is 1.84. The van der Waals surface area contributed by atoms with Crippen LogP contribution in [-0.4, -0.2) is 34.0 Å². The van der Waals surface area contributed by atoms with Gasteiger partial charge in [-0.15, -0.1) is 0 Å². The van der Waals surface area contributed by atoms with Gasteiger partial charge in [-0.1, -0.05) is 46.3 Å². The number of rotatable bonds is 4. The van der Waals surface area contributed by atoms with E-state index in [-0.39, 0.29) is 17.9 Å². The molecule has 0 aliphatic carbocycles. The number of esters is 1. The van der Waals surface area contributed by atoms with E-state index < -0.39 is 18.8 Å². The van der Waals surface area contributed by atoms with E-state index in [2.05, 4.69) is 30.6 Å². The van der Waals surface area contributed by atoms with Crippen LogP contribution in [0.5, 0.6) is 0 Å². The molecule has 0 atom stereocenters. The fraction of sp³-hybridized carbons (Fsp3) is 0.150. The van der Waals surface area contributed by atoms with Crippen molar-refractivity contribution >= 4 is 27.6 Å². The SMILES string of the molecule is O=C(OC(F)(F)CF)c1ncn2c1CN=C(c1ccccc1)c1cc(Br)ccc1-2. The van der Waals surface area contributed by atoms with Gasteiger partial charge in [-0.3, -0.25) is 9.56 Å². The summed E-state index contributed by atoms with van der Waals surface area (Å²) in [4.78, 5) is 20.7. The number of hydrogen-bond acceptors (Lipinski definition) is 4. The Bertz CT molecular complexity index is 1110. The molecule has 0 fully saturated rings. The third-order valence-corrected chi connectivity index (χ3v) is 4.86. The van der Waals surface area contributed by atoms with Crippen LogP contribution in [-0.2, 0) is 11.3 Å². The molecule has 9 heteroatoms. The molecule has 29 heavy (non-hydrogen) atoms. The van der Waals surface area contributed by atoms with Gasteiger partial charge in [-0.2, -0.15) is 8.78 Å². The van der Waals surface area contributed by atoms with Crippen LogP contribution in [0.3, 0.4) is 0 Å². The van der Waals surface area contributed by atoms with Gasteiger partial charge in [0.1, 0.15) is 6.33 Å². The molecule has 0 bridgehead atoms. The van der Waals surface area contributed by atoms with Gasteiger partial charge in [-0.05, 0) is 18.2 Å². The Morgan fingerprint density at radius 3 is 2.69 bits per heavy atom. The molecule has 2 aromatic carbocycles. The largest absolute Gasteiger partial charge is 0.429 e. The van der Waals surface area contributed by atoms with Gasteiger partial charge < -0.3 is 4.74 Å². The molecule has 1 aliphatic heterocycles. The summed E-state index contributed by atoms with van der Waals surface area (Å²) < 4.78 is 45.2. The third kappa shape index (κ3) is 3.69. The molecule has 1 aliphatic rings. The van der Waals surface area contributed by atoms with Crippen LogP contribution in [0.15, 0.2) is 64.3 Å². The lowest BCUT2D eigenvalue weighted by Gasteiger charge is -2.13. The molecule has 1 aromatic heterocycles. The number of alkyl halides is 3. The molecule has 0 unspecified atom stereocenters. The number of halogens is 4. The van der Waals surface area contributed by atoms with Gasteiger partial charge in [0.2, 0.25) is 0 Å². The van der Waals surface area contributed by atoms with Crippen molar-refractivity contribution in [2.45, 2.75) is 12.7 Å². The fourth-order valence-corrected chi connectivity index (χ4v) is 3.47. The highest BCUT2D eigenvalue weighted by Gasteiger charge is 2.36. The summed E-state index contributed by atoms with van der Waals surface area (Å²) in [5, 5.41) is 0. The number of nitrogens with zero attached hydrogens (tertiary/aromatic N) is 3. The second kappa shape index (κ2) is 7.47. The van der Waals surface area contributed by atoms with E-state index >= 15 is 0 Å². The van der Waals surface area contributed by atoms with Gasteiger partial charge in [0.05, 0.1) is 23.6 Å². The van der Waals surface area contributed by atoms with Gasteiger partial charge in [0.25, 0.3) is 0 Å². The molecular formula is C20H13BrF3N3O2. The zero-order chi connectivity index (χ0) is 20.6. The first-order chi connectivity index (χ1) is 13.9. The maximum absolute atomic E-state index is 13.2. The zero-order valence-corrected chi connectivity index (χ0v) is 16.4. The number of aromatic nitrogens is 2. The molecule has 0 spiro atoms. The Kier molecular flexibility index (Phi) is 4.99. The van der Waals surface area contributed by atoms with Crippen molar-refractivity contribution in [1.29, 1.82) is 0 Å². The quantitative estimate of drug-likeness (QED) is 0.526. The van der Waals surface area contributed by atoms with Crippen molar-refractivity contribution in [3.05, 3.63) is 81.8 Å². The molecule has 4 rings (SSSR count). The number of fused-ring (bicyclic) bond motifs is 3. The topological polar surface area (TPSA) is 56.5 Å². The van der Waals surface area contributed by atoms with Crippen LogP contribution in [0.25, 0.3) is 5.69 Å². The Morgan fingerprint density at radius 2 is 1.97 bits per heavy atom. The number of aliphatic imine (C=N–C) groups is 1. The summed E-state index contributed by atoms with van der Waals surface area (Å²) >= 11 is 3.45. The van der Waals surface area contributed by atoms with Gasteiger partial charge >= 0.3 is 12.1 Å². The number of ether oxygens (including phenoxy) is 1. The average molecular weight is 464 g/mol. The highest BCUT2D eigenvalue weighted by molar-refractivity contribution is 9.10. The summed E-state index contributed by atoms with van der Waals surface area (Å²) in [7, 11) is 0. The van der Waals surface area contributed by atoms with Crippen LogP contribution >= 0.6 is 15.9 Å². The van der Waals surface area contributed by atoms with Crippen LogP contribution in [0.1, 0.15) is 27.3 Å². The Hall–Kier alpha value is -2.94. The van der Waals surface area contributed by atoms with E-state index in [9.17, 15) is 18.0 Å². The fourth-order valence-electron chi connectivity index (χ4n) is 3.10. The predicted octanol–water partition coefficient (Wildman–Crippen LogP) is 4.70. The minimum Gasteiger partial charge on any atom is -0.394 e. The lowest BCUT2D eigenvalue weighted by Crippen LogP contribution is -2.28. The summed E-state index contributed by atoms with van der Waals surface area (Å²) in [5.74, 6) is -1.40. The van der Waals surface area contributed by atoms with Crippen LogP contribution < -0.4 is 0 Å². The van der Waals surface area contributed by atoms with Crippen LogP contribution in [0.2, 0.25) is 0 Å². The number of imidazole rings is 1. The van der Waals surface area contributed by atoms with Gasteiger partial charge in [-0.25, -0.2) is 14.2 Å². The molecule has 0 saturated heterocycles. The van der Waals surface area contributed by atoms with E-state index in [1.165, 1.54) is 6.33 Å². The minimum atomic E-state index is -4.21. The maximum atomic E-state index is 13.2. The van der Waals surface area contributed by atoms with Crippen molar-refractivity contribution < 1.29 is 22.7 Å². The van der Waals surface area contributed by atoms with Crippen molar-refractivity contribution in [2.75, 3.05) is 6.67 Å². The molecule has 0 amide bonds. The number of benzene rings is 2. The van der Waals surface area contributed by atoms with Crippen LogP contribution in [0, 0.1) is 0 Å². The molecule has 148 valence electrons. The number of hydrogen-bond donors (Lipinski definition) is 0. The summed E-state index contributed by atoms with van der Waals surface area (Å²) in [6.45, 7) is -2.11. The summed E-state index contributed by atoms with van der Waals surface area (Å²) in [6.07, 6.45) is -2.87. The summed E-state index contributed by atoms with van der Waals surface area (Å²) in [6, 6.07) is 14.9. The molecule has 0 N–H and O–H groups in total. The van der Waals surface area contributed by atoms with E-state index in [0.717, 1.165) is 15.6 Å². The monoisotopic (exact) mass is 463 g/mol. The smallest absolute Gasteiger partial charge is 0.394 e. The van der Waals surface area contributed by atoms with E-state index in [4.69, 9.17) is 0 Å². The first kappa shape index (κ1) is 19.4. The highest BCUT2D eigenvalue weighted by atomic mass is 79.9. The van der Waals surface area contributed by atoms with E-state index in [1.807, 2.05) is 42.5 Å². The zero-order valence-electron chi connectivity index (χ0n) is 14.8. The average Bonchev–Trinajstić information content (AvgIpc) is 3.06. The molecule has 5 nitrogen and oxygen atoms in total. The molecular weight excluding hydrogens is 451 g/mol. The van der Waals surface area contributed by atoms with Crippen molar-refractivity contribution in [1.82, 2.24) is 9.55 Å². The van der Waals surface area contributed by atoms with Crippen molar-refractivity contribution in [3.63, 3.8) is 0 Å². The second-order valence-electron chi connectivity index (χ2n) is 6.26. The molecule has 0 saturated carbocycles. The third-order valence-electron chi connectivity index (χ3n) is 4.36. The predicted molar refractivity (Wildman–Crippen MR) is 103 cm³/mol. The first-order valence-corrected chi connectivity index (χ1v) is 9.32. The van der Waals surface area contributed by atoms with E-state index in [1.54, 1.807) is 10.6 Å². The maximum Gasteiger partial charge on any atom is 0.429 e. The van der Waals surface area contributed by atoms with Crippen LogP contribution in [0.4, 0.5) is 13.2 Å². The number of carbonyl (C=O) groups excluding carboxylic acids is 1. The Labute approximate surface area is 172 Å². The Morgan fingerprint density at radius 1 is 1.21 bits per heavy atom. The lowest BCUT2D eigenvalue weighted by atomic mass is 10.0. The first-order valence-electron chi connectivity index (χ1n) is 8.53. The highest BCUT2D eigenvalue weighted by Crippen LogP contribution is 2.30. The summed E-state index contributed by atoms with van der Waals surface area (Å²) in [5.41, 5.74) is 2.93. The standard InChI is InChI=1S/C20H13BrF3N3O2/c21-13-6-7-15-14(8-13)17(12-4-2-1-3-5-12)25-9-16-18(26-11-27(15)16)19(28)29-20(23,24)10-22/h1-8,11H,9-10H2. The second-order valence-corrected chi connectivity index (χ2v) is 7.18. The molecule has 3 aromatic rings. The molecule has 2 heterocycles. The van der Waals surface area contributed by atoms with Gasteiger partial charge in [0, 0.05) is 15.6 Å². The van der Waals surface area contributed by atoms with Crippen molar-refractivity contribution in [3.8, 4) is 5.69 Å². The number of carbonyl (C=O) groups is 1.